The molecule has 0 bridgehead atoms. The van der Waals surface area contributed by atoms with E-state index in [-0.39, 0.29) is 37.6 Å². The number of anilines is 2. The molecule has 1 amide bonds. The van der Waals surface area contributed by atoms with Crippen LogP contribution in [0.4, 0.5) is 33.6 Å². The van der Waals surface area contributed by atoms with E-state index in [1.54, 1.807) is 0 Å². The van der Waals surface area contributed by atoms with E-state index in [0.29, 0.717) is 29.2 Å². The van der Waals surface area contributed by atoms with Gasteiger partial charge in [-0.25, -0.2) is 22.2 Å². The molecule has 0 aromatic carbocycles. The Balaban J connectivity index is 1.63. The molecule has 0 spiro atoms. The zero-order chi connectivity index (χ0) is 24.0. The second kappa shape index (κ2) is 8.22. The van der Waals surface area contributed by atoms with Crippen LogP contribution in [0.15, 0.2) is 24.5 Å². The number of carbonyl (C=O) groups excluding carboxylic acids is 1. The number of carbonyl (C=O) groups is 1. The Morgan fingerprint density at radius 2 is 1.91 bits per heavy atom. The molecule has 0 unspecified atom stereocenters. The molecule has 180 valence electrons. The van der Waals surface area contributed by atoms with E-state index in [9.17, 15) is 35.2 Å². The van der Waals surface area contributed by atoms with Crippen LogP contribution in [-0.2, 0) is 16.2 Å². The predicted molar refractivity (Wildman–Crippen MR) is 108 cm³/mol. The largest absolute Gasteiger partial charge is 0.417 e. The number of rotatable bonds is 5. The second-order valence-corrected chi connectivity index (χ2v) is 10.1. The molecule has 2 aliphatic rings. The van der Waals surface area contributed by atoms with Gasteiger partial charge >= 0.3 is 6.18 Å². The van der Waals surface area contributed by atoms with E-state index < -0.39 is 50.8 Å². The fraction of sp³-hybridized carbons (Fsp3) is 0.526. The summed E-state index contributed by atoms with van der Waals surface area (Å²) >= 11 is 0. The van der Waals surface area contributed by atoms with Crippen LogP contribution >= 0.6 is 0 Å². The lowest BCUT2D eigenvalue weighted by Crippen LogP contribution is -2.30. The summed E-state index contributed by atoms with van der Waals surface area (Å²) in [6.07, 6.45) is -2.95. The third-order valence-electron chi connectivity index (χ3n) is 5.47. The Bertz CT molecular complexity index is 1160. The van der Waals surface area contributed by atoms with Gasteiger partial charge in [0.15, 0.2) is 5.82 Å². The first kappa shape index (κ1) is 23.4. The predicted octanol–water partition coefficient (Wildman–Crippen LogP) is 3.52. The molecule has 33 heavy (non-hydrogen) atoms. The molecule has 1 saturated carbocycles. The fourth-order valence-electron chi connectivity index (χ4n) is 3.53. The highest BCUT2D eigenvalue weighted by atomic mass is 32.2. The molecule has 1 aliphatic carbocycles. The summed E-state index contributed by atoms with van der Waals surface area (Å²) in [7, 11) is -3.70. The van der Waals surface area contributed by atoms with Gasteiger partial charge in [0.05, 0.1) is 16.4 Å². The number of aromatic nitrogens is 3. The van der Waals surface area contributed by atoms with E-state index in [1.807, 2.05) is 0 Å². The van der Waals surface area contributed by atoms with Gasteiger partial charge in [-0.15, -0.1) is 5.10 Å². The summed E-state index contributed by atoms with van der Waals surface area (Å²) in [6, 6.07) is 1.80. The van der Waals surface area contributed by atoms with Crippen molar-refractivity contribution in [2.24, 2.45) is 0 Å². The summed E-state index contributed by atoms with van der Waals surface area (Å²) in [5, 5.41) is 5.53. The maximum atomic E-state index is 13.7. The Hall–Kier alpha value is -2.77. The first-order valence-electron chi connectivity index (χ1n) is 10.2. The van der Waals surface area contributed by atoms with E-state index in [4.69, 9.17) is 0 Å². The molecular formula is C19H20F5N5O3S. The lowest BCUT2D eigenvalue weighted by Gasteiger charge is -2.24. The van der Waals surface area contributed by atoms with Gasteiger partial charge in [0.25, 0.3) is 15.9 Å². The van der Waals surface area contributed by atoms with Crippen molar-refractivity contribution in [3.05, 3.63) is 35.7 Å². The number of pyridine rings is 1. The van der Waals surface area contributed by atoms with Crippen molar-refractivity contribution in [1.29, 1.82) is 0 Å². The average Bonchev–Trinajstić information content (AvgIpc) is 3.51. The molecule has 2 fully saturated rings. The summed E-state index contributed by atoms with van der Waals surface area (Å²) < 4.78 is 92.4. The maximum Gasteiger partial charge on any atom is 0.417 e. The molecule has 8 nitrogen and oxygen atoms in total. The van der Waals surface area contributed by atoms with Crippen LogP contribution in [0.2, 0.25) is 0 Å². The van der Waals surface area contributed by atoms with Crippen LogP contribution in [0.25, 0.3) is 0 Å². The topological polar surface area (TPSA) is 97.2 Å². The van der Waals surface area contributed by atoms with Crippen molar-refractivity contribution in [2.45, 2.75) is 49.5 Å². The lowest BCUT2D eigenvalue weighted by atomic mass is 10.1. The third-order valence-corrected chi connectivity index (χ3v) is 7.51. The Kier molecular flexibility index (Phi) is 5.83. The summed E-state index contributed by atoms with van der Waals surface area (Å²) in [6.45, 7) is -0.109. The van der Waals surface area contributed by atoms with Crippen LogP contribution in [0.3, 0.4) is 0 Å². The molecule has 0 atom stereocenters. The molecule has 0 radical (unpaired) electrons. The van der Waals surface area contributed by atoms with E-state index in [1.165, 1.54) is 11.0 Å². The zero-order valence-corrected chi connectivity index (χ0v) is 18.0. The summed E-state index contributed by atoms with van der Waals surface area (Å²) in [5.41, 5.74) is -1.66. The van der Waals surface area contributed by atoms with Crippen LogP contribution in [0.5, 0.6) is 0 Å². The van der Waals surface area contributed by atoms with Gasteiger partial charge in [0.2, 0.25) is 5.92 Å². The second-order valence-electron chi connectivity index (χ2n) is 8.06. The number of hydrogen-bond donors (Lipinski definition) is 1. The molecule has 1 N–H and O–H groups in total. The van der Waals surface area contributed by atoms with Gasteiger partial charge in [0.1, 0.15) is 5.82 Å². The van der Waals surface area contributed by atoms with E-state index in [0.717, 1.165) is 6.20 Å². The van der Waals surface area contributed by atoms with E-state index in [2.05, 4.69) is 15.4 Å². The number of nitrogens with one attached hydrogen (secondary N) is 1. The monoisotopic (exact) mass is 493 g/mol. The average molecular weight is 493 g/mol. The number of hydrogen-bond acceptors (Lipinski definition) is 6. The Labute approximate surface area is 185 Å². The van der Waals surface area contributed by atoms with Gasteiger partial charge in [-0.3, -0.25) is 4.79 Å². The van der Waals surface area contributed by atoms with Crippen LogP contribution in [0, 0.1) is 0 Å². The zero-order valence-electron chi connectivity index (χ0n) is 17.1. The van der Waals surface area contributed by atoms with Gasteiger partial charge in [-0.2, -0.15) is 17.3 Å². The maximum absolute atomic E-state index is 13.7. The van der Waals surface area contributed by atoms with Crippen molar-refractivity contribution < 1.29 is 35.2 Å². The van der Waals surface area contributed by atoms with Crippen molar-refractivity contribution in [2.75, 3.05) is 23.3 Å². The number of amides is 1. The molecule has 3 heterocycles. The highest BCUT2D eigenvalue weighted by Crippen LogP contribution is 2.34. The smallest absolute Gasteiger partial charge is 0.356 e. The van der Waals surface area contributed by atoms with Crippen LogP contribution in [-0.4, -0.2) is 52.8 Å². The molecule has 1 saturated heterocycles. The Morgan fingerprint density at radius 1 is 1.18 bits per heavy atom. The van der Waals surface area contributed by atoms with Crippen molar-refractivity contribution >= 4 is 27.6 Å². The van der Waals surface area contributed by atoms with E-state index >= 15 is 0 Å². The molecular weight excluding hydrogens is 473 g/mol. The highest BCUT2D eigenvalue weighted by molar-refractivity contribution is 7.90. The lowest BCUT2D eigenvalue weighted by molar-refractivity contribution is -0.137. The van der Waals surface area contributed by atoms with Crippen LogP contribution < -0.4 is 10.2 Å². The van der Waals surface area contributed by atoms with Gasteiger partial charge in [-0.05, 0) is 25.3 Å². The minimum atomic E-state index is -4.79. The van der Waals surface area contributed by atoms with Crippen molar-refractivity contribution in [1.82, 2.24) is 14.2 Å². The van der Waals surface area contributed by atoms with Gasteiger partial charge in [-0.1, -0.05) is 0 Å². The molecule has 2 aromatic rings. The van der Waals surface area contributed by atoms with Gasteiger partial charge in [0, 0.05) is 44.4 Å². The molecule has 4 rings (SSSR count). The van der Waals surface area contributed by atoms with Crippen LogP contribution in [0.1, 0.15) is 48.0 Å². The van der Waals surface area contributed by atoms with Crippen molar-refractivity contribution in [3.63, 3.8) is 0 Å². The summed E-state index contributed by atoms with van der Waals surface area (Å²) in [4.78, 5) is 18.0. The molecule has 14 heteroatoms. The minimum absolute atomic E-state index is 0.0696. The van der Waals surface area contributed by atoms with Crippen molar-refractivity contribution in [3.8, 4) is 0 Å². The standard InChI is InChI=1S/C19H20F5N5O3S/c20-18(21)5-1-7-28(9-6-18)16-14(10-12(11-25-16)19(22,23)24)17(30)26-15-4-8-29(27-15)33(31,32)13-2-3-13/h4,8,10-11,13H,1-3,5-7,9H2,(H,26,27,30). The SMILES string of the molecule is O=C(Nc1ccn(S(=O)(=O)C2CC2)n1)c1cc(C(F)(F)F)cnc1N1CCCC(F)(F)CC1. The van der Waals surface area contributed by atoms with Gasteiger partial charge < -0.3 is 10.2 Å². The fourth-order valence-corrected chi connectivity index (χ4v) is 4.99. The molecule has 1 aliphatic heterocycles. The minimum Gasteiger partial charge on any atom is -0.356 e. The quantitative estimate of drug-likeness (QED) is 0.641. The highest BCUT2D eigenvalue weighted by Gasteiger charge is 2.38. The number of halogens is 5. The third kappa shape index (κ3) is 5.09. The number of alkyl halides is 5. The summed E-state index contributed by atoms with van der Waals surface area (Å²) in [5.74, 6) is -4.28. The first-order valence-corrected chi connectivity index (χ1v) is 11.7. The molecule has 2 aromatic heterocycles. The normalized spacial score (nSPS) is 19.2. The Morgan fingerprint density at radius 3 is 2.58 bits per heavy atom. The first-order chi connectivity index (χ1) is 15.4. The number of nitrogens with zero attached hydrogens (tertiary/aromatic N) is 4.